The molecule has 2 heteroatoms. The van der Waals surface area contributed by atoms with Gasteiger partial charge in [0, 0.05) is 29.1 Å². The molecule has 4 unspecified atom stereocenters. The van der Waals surface area contributed by atoms with Gasteiger partial charge in [0.2, 0.25) is 0 Å². The number of fused-ring (bicyclic) bond motifs is 4. The van der Waals surface area contributed by atoms with Crippen molar-refractivity contribution in [2.24, 2.45) is 23.7 Å². The molecule has 4 atom stereocenters. The minimum atomic E-state index is 0.432. The second-order valence-corrected chi connectivity index (χ2v) is 13.4. The van der Waals surface area contributed by atoms with Crippen LogP contribution in [0.4, 0.5) is 11.4 Å². The Morgan fingerprint density at radius 3 is 2.43 bits per heavy atom. The van der Waals surface area contributed by atoms with Gasteiger partial charge < -0.3 is 9.47 Å². The summed E-state index contributed by atoms with van der Waals surface area (Å²) in [5.41, 5.74) is 14.0. The van der Waals surface area contributed by atoms with E-state index in [-0.39, 0.29) is 0 Å². The van der Waals surface area contributed by atoms with Gasteiger partial charge in [-0.1, -0.05) is 105 Å². The van der Waals surface area contributed by atoms with E-state index in [1.165, 1.54) is 51.6 Å². The van der Waals surface area contributed by atoms with E-state index >= 15 is 0 Å². The maximum atomic E-state index is 2.65. The lowest BCUT2D eigenvalue weighted by atomic mass is 9.79. The van der Waals surface area contributed by atoms with Gasteiger partial charge in [0.15, 0.2) is 0 Å². The number of nitrogens with zero attached hydrogens (tertiary/aromatic N) is 2. The molecule has 0 fully saturated rings. The van der Waals surface area contributed by atoms with E-state index in [1.54, 1.807) is 11.1 Å². The van der Waals surface area contributed by atoms with E-state index in [0.29, 0.717) is 23.7 Å². The highest BCUT2D eigenvalue weighted by Gasteiger charge is 2.36. The van der Waals surface area contributed by atoms with E-state index in [4.69, 9.17) is 0 Å². The van der Waals surface area contributed by atoms with E-state index in [1.807, 2.05) is 0 Å². The quantitative estimate of drug-likeness (QED) is 0.301. The van der Waals surface area contributed by atoms with Gasteiger partial charge in [0.25, 0.3) is 0 Å². The van der Waals surface area contributed by atoms with Crippen molar-refractivity contribution in [2.45, 2.75) is 52.4 Å². The molecule has 0 saturated heterocycles. The van der Waals surface area contributed by atoms with E-state index in [9.17, 15) is 0 Å². The largest absolute Gasteiger partial charge is 0.318 e. The molecule has 5 aliphatic rings. The Morgan fingerprint density at radius 2 is 1.59 bits per heavy atom. The first kappa shape index (κ1) is 27.3. The van der Waals surface area contributed by atoms with Crippen molar-refractivity contribution in [1.82, 2.24) is 4.57 Å². The molecule has 8 rings (SSSR count). The second-order valence-electron chi connectivity index (χ2n) is 13.4. The molecule has 2 heterocycles. The molecule has 0 N–H and O–H groups in total. The summed E-state index contributed by atoms with van der Waals surface area (Å²) in [6, 6.07) is 22.6. The minimum absolute atomic E-state index is 0.432. The van der Waals surface area contributed by atoms with E-state index < -0.39 is 0 Å². The van der Waals surface area contributed by atoms with Crippen molar-refractivity contribution in [3.05, 3.63) is 144 Å². The number of benzene rings is 2. The van der Waals surface area contributed by atoms with Crippen LogP contribution in [0.25, 0.3) is 22.4 Å². The average molecular weight is 575 g/mol. The number of hydrogen-bond acceptors (Lipinski definition) is 1. The number of rotatable bonds is 4. The molecule has 3 aromatic rings. The molecule has 1 aromatic heterocycles. The third-order valence-corrected chi connectivity index (χ3v) is 10.5. The lowest BCUT2D eigenvalue weighted by Crippen LogP contribution is -2.24. The predicted molar refractivity (Wildman–Crippen MR) is 187 cm³/mol. The first-order valence-electron chi connectivity index (χ1n) is 16.7. The Hall–Kier alpha value is -4.30. The zero-order chi connectivity index (χ0) is 29.6. The van der Waals surface area contributed by atoms with Crippen LogP contribution in [0.3, 0.4) is 0 Å². The molecule has 0 saturated carbocycles. The Balaban J connectivity index is 1.35. The van der Waals surface area contributed by atoms with Crippen LogP contribution >= 0.6 is 0 Å². The zero-order valence-corrected chi connectivity index (χ0v) is 26.0. The molecule has 44 heavy (non-hydrogen) atoms. The first-order chi connectivity index (χ1) is 21.7. The molecule has 2 nitrogen and oxygen atoms in total. The summed E-state index contributed by atoms with van der Waals surface area (Å²) in [4.78, 5) is 2.65. The standard InChI is InChI=1S/C42H42N2/c1-29-21-22-36-37-18-10-12-20-40(37)44(41-23-24-43(42(41)38(36)25-29)39-19-11-9-13-30(39)2)35-27-33(31-14-5-3-6-15-31)26-34(28-35)32-16-7-4-8-17-32/h3-12,14-16,18-20,23-24,26-27,29-30,32,34H,13,17,21-22,25,28H2,1-2H3. The monoisotopic (exact) mass is 574 g/mol. The highest BCUT2D eigenvalue weighted by Crippen LogP contribution is 2.53. The third-order valence-electron chi connectivity index (χ3n) is 10.5. The third kappa shape index (κ3) is 4.72. The van der Waals surface area contributed by atoms with Gasteiger partial charge in [-0.15, -0.1) is 0 Å². The topological polar surface area (TPSA) is 8.17 Å². The summed E-state index contributed by atoms with van der Waals surface area (Å²) in [5.74, 6) is 2.10. The molecule has 220 valence electrons. The summed E-state index contributed by atoms with van der Waals surface area (Å²) in [6.07, 6.45) is 30.2. The van der Waals surface area contributed by atoms with Crippen molar-refractivity contribution < 1.29 is 0 Å². The number of allylic oxidation sites excluding steroid dienone is 14. The average Bonchev–Trinajstić information content (AvgIpc) is 3.45. The van der Waals surface area contributed by atoms with Crippen LogP contribution in [0.1, 0.15) is 69.2 Å². The molecule has 0 amide bonds. The predicted octanol–water partition coefficient (Wildman–Crippen LogP) is 11.2. The summed E-state index contributed by atoms with van der Waals surface area (Å²) in [7, 11) is 0. The number of anilines is 2. The number of para-hydroxylation sites is 1. The lowest BCUT2D eigenvalue weighted by Gasteiger charge is -2.35. The Morgan fingerprint density at radius 1 is 0.750 bits per heavy atom. The van der Waals surface area contributed by atoms with Crippen molar-refractivity contribution in [3.8, 4) is 0 Å². The van der Waals surface area contributed by atoms with Gasteiger partial charge in [-0.2, -0.15) is 0 Å². The minimum Gasteiger partial charge on any atom is -0.318 e. The van der Waals surface area contributed by atoms with Crippen molar-refractivity contribution in [2.75, 3.05) is 4.90 Å². The van der Waals surface area contributed by atoms with Crippen molar-refractivity contribution >= 4 is 33.8 Å². The second kappa shape index (κ2) is 11.3. The molecular formula is C42H42N2. The fourth-order valence-corrected chi connectivity index (χ4v) is 8.16. The molecule has 2 aromatic carbocycles. The fraction of sp³-hybridized carbons (Fsp3) is 0.286. The van der Waals surface area contributed by atoms with E-state index in [2.05, 4.69) is 145 Å². The summed E-state index contributed by atoms with van der Waals surface area (Å²) >= 11 is 0. The summed E-state index contributed by atoms with van der Waals surface area (Å²) < 4.78 is 2.55. The highest BCUT2D eigenvalue weighted by atomic mass is 15.2. The number of hydrogen-bond donors (Lipinski definition) is 0. The smallest absolute Gasteiger partial charge is 0.0730 e. The van der Waals surface area contributed by atoms with Crippen LogP contribution in [0.15, 0.2) is 127 Å². The maximum Gasteiger partial charge on any atom is 0.0730 e. The number of aromatic nitrogens is 1. The first-order valence-corrected chi connectivity index (χ1v) is 16.7. The van der Waals surface area contributed by atoms with Crippen molar-refractivity contribution in [3.63, 3.8) is 0 Å². The van der Waals surface area contributed by atoms with Gasteiger partial charge >= 0.3 is 0 Å². The summed E-state index contributed by atoms with van der Waals surface area (Å²) in [5, 5.41) is 0. The van der Waals surface area contributed by atoms with Gasteiger partial charge in [0.05, 0.1) is 17.1 Å². The van der Waals surface area contributed by atoms with Crippen molar-refractivity contribution in [1.29, 1.82) is 0 Å². The zero-order valence-electron chi connectivity index (χ0n) is 26.0. The summed E-state index contributed by atoms with van der Waals surface area (Å²) in [6.45, 7) is 4.81. The van der Waals surface area contributed by atoms with Crippen LogP contribution in [0.2, 0.25) is 0 Å². The van der Waals surface area contributed by atoms with Crippen LogP contribution in [0.5, 0.6) is 0 Å². The van der Waals surface area contributed by atoms with Crippen LogP contribution in [-0.4, -0.2) is 4.57 Å². The van der Waals surface area contributed by atoms with Gasteiger partial charge in [-0.05, 0) is 103 Å². The van der Waals surface area contributed by atoms with Crippen LogP contribution in [-0.2, 0) is 0 Å². The Bertz CT molecular complexity index is 1800. The van der Waals surface area contributed by atoms with Crippen LogP contribution in [0, 0.1) is 23.7 Å². The SMILES string of the molecule is CC1CCC2=C(C1)c1c(ccn1C1=CC=CCC1C)N(C1=CC(c3ccccc3)=CC(C3C=CC=CC3)C1)c1ccccc12. The van der Waals surface area contributed by atoms with E-state index in [0.717, 1.165) is 32.1 Å². The normalized spacial score (nSPS) is 25.9. The molecule has 0 bridgehead atoms. The molecular weight excluding hydrogens is 532 g/mol. The molecule has 0 radical (unpaired) electrons. The van der Waals surface area contributed by atoms with Crippen LogP contribution < -0.4 is 4.90 Å². The highest BCUT2D eigenvalue weighted by molar-refractivity contribution is 6.03. The van der Waals surface area contributed by atoms with Gasteiger partial charge in [0.1, 0.15) is 0 Å². The van der Waals surface area contributed by atoms with Gasteiger partial charge in [-0.3, -0.25) is 0 Å². The molecule has 0 spiro atoms. The maximum absolute atomic E-state index is 2.65. The van der Waals surface area contributed by atoms with Gasteiger partial charge in [-0.25, -0.2) is 0 Å². The lowest BCUT2D eigenvalue weighted by molar-refractivity contribution is 0.467. The molecule has 1 aliphatic heterocycles. The Kier molecular flexibility index (Phi) is 7.02. The molecule has 4 aliphatic carbocycles. The fourth-order valence-electron chi connectivity index (χ4n) is 8.16. The Labute approximate surface area is 262 Å².